The Morgan fingerprint density at radius 1 is 1.23 bits per heavy atom. The topological polar surface area (TPSA) is 142 Å². The Hall–Kier alpha value is -3.86. The molecule has 5 N–H and O–H groups in total. The number of rotatable bonds is 9. The van der Waals surface area contributed by atoms with Crippen molar-refractivity contribution in [3.05, 3.63) is 60.3 Å². The molecule has 0 aliphatic carbocycles. The average Bonchev–Trinajstić information content (AvgIpc) is 2.77. The van der Waals surface area contributed by atoms with Crippen LogP contribution in [0.25, 0.3) is 0 Å². The Kier molecular flexibility index (Phi) is 6.65. The van der Waals surface area contributed by atoms with Gasteiger partial charge in [0.15, 0.2) is 5.82 Å². The molecule has 2 heterocycles. The van der Waals surface area contributed by atoms with Gasteiger partial charge in [0.25, 0.3) is 0 Å². The SMILES string of the molecule is CN(c1cnccn1)c1cc(N[C@@H](CO)C(N)=O)nc(NCc2ccc(F)cc2)n1. The van der Waals surface area contributed by atoms with Crippen LogP contribution in [0.4, 0.5) is 27.8 Å². The number of nitrogens with zero attached hydrogens (tertiary/aromatic N) is 5. The largest absolute Gasteiger partial charge is 0.394 e. The lowest BCUT2D eigenvalue weighted by molar-refractivity contribution is -0.119. The Morgan fingerprint density at radius 2 is 2.00 bits per heavy atom. The van der Waals surface area contributed by atoms with Crippen LogP contribution < -0.4 is 21.3 Å². The molecule has 0 fully saturated rings. The Balaban J connectivity index is 1.88. The van der Waals surface area contributed by atoms with Crippen molar-refractivity contribution in [1.29, 1.82) is 0 Å². The van der Waals surface area contributed by atoms with Crippen molar-refractivity contribution in [2.75, 3.05) is 29.2 Å². The van der Waals surface area contributed by atoms with Crippen LogP contribution in [0.2, 0.25) is 0 Å². The Labute approximate surface area is 172 Å². The standard InChI is InChI=1S/C19H21FN8O2/c1-28(17-10-22-6-7-23-17)16-8-15(25-14(11-29)18(21)30)26-19(27-16)24-9-12-2-4-13(20)5-3-12/h2-8,10,14,29H,9,11H2,1H3,(H2,21,30)(H2,24,25,26,27)/t14-/m0/s1. The molecule has 0 unspecified atom stereocenters. The molecule has 10 nitrogen and oxygen atoms in total. The van der Waals surface area contributed by atoms with Crippen LogP contribution in [0.5, 0.6) is 0 Å². The maximum absolute atomic E-state index is 13.1. The number of carbonyl (C=O) groups excluding carboxylic acids is 1. The van der Waals surface area contributed by atoms with Gasteiger partial charge in [0.1, 0.15) is 23.5 Å². The number of aliphatic hydroxyl groups excluding tert-OH is 1. The fraction of sp³-hybridized carbons (Fsp3) is 0.211. The van der Waals surface area contributed by atoms with E-state index >= 15 is 0 Å². The van der Waals surface area contributed by atoms with Gasteiger partial charge in [-0.15, -0.1) is 0 Å². The number of benzene rings is 1. The van der Waals surface area contributed by atoms with Gasteiger partial charge >= 0.3 is 0 Å². The Morgan fingerprint density at radius 3 is 2.63 bits per heavy atom. The molecule has 0 saturated heterocycles. The molecule has 0 saturated carbocycles. The molecular formula is C19H21FN8O2. The Bertz CT molecular complexity index is 988. The van der Waals surface area contributed by atoms with Crippen LogP contribution in [0, 0.1) is 5.82 Å². The van der Waals surface area contributed by atoms with Crippen LogP contribution in [-0.2, 0) is 11.3 Å². The van der Waals surface area contributed by atoms with Gasteiger partial charge in [-0.05, 0) is 17.7 Å². The molecule has 0 spiro atoms. The number of hydrogen-bond acceptors (Lipinski definition) is 9. The van der Waals surface area contributed by atoms with Crippen LogP contribution in [0.1, 0.15) is 5.56 Å². The highest BCUT2D eigenvalue weighted by Crippen LogP contribution is 2.23. The minimum atomic E-state index is -1.01. The smallest absolute Gasteiger partial charge is 0.242 e. The molecule has 11 heteroatoms. The lowest BCUT2D eigenvalue weighted by atomic mass is 10.2. The van der Waals surface area contributed by atoms with Crippen molar-refractivity contribution in [2.45, 2.75) is 12.6 Å². The zero-order valence-corrected chi connectivity index (χ0v) is 16.2. The first-order valence-electron chi connectivity index (χ1n) is 9.00. The summed E-state index contributed by atoms with van der Waals surface area (Å²) in [6.07, 6.45) is 4.67. The molecule has 3 rings (SSSR count). The number of aliphatic hydroxyl groups is 1. The maximum Gasteiger partial charge on any atom is 0.242 e. The number of nitrogens with two attached hydrogens (primary N) is 1. The zero-order valence-electron chi connectivity index (χ0n) is 16.2. The third-order valence-electron chi connectivity index (χ3n) is 4.16. The summed E-state index contributed by atoms with van der Waals surface area (Å²) in [5.74, 6) is 0.471. The normalized spacial score (nSPS) is 11.6. The van der Waals surface area contributed by atoms with Gasteiger partial charge in [0.05, 0.1) is 12.8 Å². The first-order valence-corrected chi connectivity index (χ1v) is 9.00. The van der Waals surface area contributed by atoms with Crippen molar-refractivity contribution in [2.24, 2.45) is 5.73 Å². The molecule has 1 aromatic carbocycles. The van der Waals surface area contributed by atoms with Gasteiger partial charge in [0.2, 0.25) is 11.9 Å². The van der Waals surface area contributed by atoms with Crippen LogP contribution in [0.3, 0.4) is 0 Å². The zero-order chi connectivity index (χ0) is 21.5. The minimum Gasteiger partial charge on any atom is -0.394 e. The fourth-order valence-electron chi connectivity index (χ4n) is 2.51. The fourth-order valence-corrected chi connectivity index (χ4v) is 2.51. The van der Waals surface area contributed by atoms with Crippen molar-refractivity contribution in [1.82, 2.24) is 19.9 Å². The molecule has 0 aliphatic heterocycles. The van der Waals surface area contributed by atoms with Crippen LogP contribution in [-0.4, -0.2) is 50.6 Å². The number of primary amides is 1. The minimum absolute atomic E-state index is 0.247. The number of hydrogen-bond donors (Lipinski definition) is 4. The maximum atomic E-state index is 13.1. The van der Waals surface area contributed by atoms with Gasteiger partial charge in [0, 0.05) is 32.1 Å². The van der Waals surface area contributed by atoms with Crippen molar-refractivity contribution in [3.63, 3.8) is 0 Å². The second-order valence-corrected chi connectivity index (χ2v) is 6.32. The summed E-state index contributed by atoms with van der Waals surface area (Å²) in [5, 5.41) is 15.2. The van der Waals surface area contributed by atoms with E-state index in [2.05, 4.69) is 30.6 Å². The summed E-state index contributed by atoms with van der Waals surface area (Å²) in [6, 6.07) is 6.59. The molecule has 0 radical (unpaired) electrons. The van der Waals surface area contributed by atoms with E-state index in [0.29, 0.717) is 18.2 Å². The third kappa shape index (κ3) is 5.35. The average molecular weight is 412 g/mol. The first kappa shape index (κ1) is 20.9. The predicted molar refractivity (Wildman–Crippen MR) is 110 cm³/mol. The second-order valence-electron chi connectivity index (χ2n) is 6.32. The molecule has 0 aliphatic rings. The summed E-state index contributed by atoms with van der Waals surface area (Å²) in [7, 11) is 1.75. The second kappa shape index (κ2) is 9.56. The molecule has 2 aromatic heterocycles. The number of nitrogens with one attached hydrogen (secondary N) is 2. The summed E-state index contributed by atoms with van der Waals surface area (Å²) in [6.45, 7) is -0.149. The number of carbonyl (C=O) groups is 1. The van der Waals surface area contributed by atoms with E-state index in [4.69, 9.17) is 5.73 Å². The van der Waals surface area contributed by atoms with Gasteiger partial charge in [-0.1, -0.05) is 12.1 Å². The molecule has 1 atom stereocenters. The highest BCUT2D eigenvalue weighted by Gasteiger charge is 2.17. The summed E-state index contributed by atoms with van der Waals surface area (Å²) in [4.78, 5) is 30.2. The number of aromatic nitrogens is 4. The summed E-state index contributed by atoms with van der Waals surface area (Å²) in [5.41, 5.74) is 6.12. The van der Waals surface area contributed by atoms with E-state index in [1.165, 1.54) is 12.1 Å². The third-order valence-corrected chi connectivity index (χ3v) is 4.16. The predicted octanol–water partition coefficient (Wildman–Crippen LogP) is 1.04. The van der Waals surface area contributed by atoms with E-state index in [9.17, 15) is 14.3 Å². The van der Waals surface area contributed by atoms with Crippen LogP contribution >= 0.6 is 0 Å². The van der Waals surface area contributed by atoms with E-state index in [0.717, 1.165) is 5.56 Å². The summed E-state index contributed by atoms with van der Waals surface area (Å²) < 4.78 is 13.1. The van der Waals surface area contributed by atoms with Gasteiger partial charge < -0.3 is 26.4 Å². The molecule has 1 amide bonds. The lowest BCUT2D eigenvalue weighted by Crippen LogP contribution is -2.38. The van der Waals surface area contributed by atoms with E-state index in [-0.39, 0.29) is 17.6 Å². The highest BCUT2D eigenvalue weighted by molar-refractivity contribution is 5.83. The van der Waals surface area contributed by atoms with E-state index < -0.39 is 18.6 Å². The monoisotopic (exact) mass is 412 g/mol. The highest BCUT2D eigenvalue weighted by atomic mass is 19.1. The molecule has 30 heavy (non-hydrogen) atoms. The van der Waals surface area contributed by atoms with Gasteiger partial charge in [-0.2, -0.15) is 9.97 Å². The van der Waals surface area contributed by atoms with Gasteiger partial charge in [-0.3, -0.25) is 9.78 Å². The first-order chi connectivity index (χ1) is 14.5. The number of amides is 1. The molecule has 3 aromatic rings. The van der Waals surface area contributed by atoms with Gasteiger partial charge in [-0.25, -0.2) is 9.37 Å². The molecular weight excluding hydrogens is 391 g/mol. The van der Waals surface area contributed by atoms with E-state index in [1.807, 2.05) is 0 Å². The quantitative estimate of drug-likeness (QED) is 0.405. The van der Waals surface area contributed by atoms with Crippen molar-refractivity contribution >= 4 is 29.3 Å². The van der Waals surface area contributed by atoms with Crippen molar-refractivity contribution in [3.8, 4) is 0 Å². The van der Waals surface area contributed by atoms with Crippen molar-refractivity contribution < 1.29 is 14.3 Å². The lowest BCUT2D eigenvalue weighted by Gasteiger charge is -2.20. The molecule has 0 bridgehead atoms. The number of halogens is 1. The summed E-state index contributed by atoms with van der Waals surface area (Å²) >= 11 is 0. The molecule has 156 valence electrons. The van der Waals surface area contributed by atoms with E-state index in [1.54, 1.807) is 48.7 Å². The number of anilines is 4. The van der Waals surface area contributed by atoms with Crippen LogP contribution in [0.15, 0.2) is 48.9 Å².